The Labute approximate surface area is 73.0 Å². The number of hydrogen-bond donors (Lipinski definition) is 2. The van der Waals surface area contributed by atoms with Gasteiger partial charge in [0.1, 0.15) is 0 Å². The van der Waals surface area contributed by atoms with E-state index in [1.54, 1.807) is 0 Å². The molecule has 1 fully saturated rings. The highest BCUT2D eigenvalue weighted by atomic mass is 19.4. The summed E-state index contributed by atoms with van der Waals surface area (Å²) >= 11 is 0. The molecule has 0 amide bonds. The van der Waals surface area contributed by atoms with E-state index in [9.17, 15) is 13.2 Å². The van der Waals surface area contributed by atoms with E-state index in [4.69, 9.17) is 15.6 Å². The van der Waals surface area contributed by atoms with Crippen LogP contribution in [0.25, 0.3) is 0 Å². The summed E-state index contributed by atoms with van der Waals surface area (Å²) < 4.78 is 31.7. The predicted octanol–water partition coefficient (Wildman–Crippen LogP) is 1.15. The van der Waals surface area contributed by atoms with Crippen molar-refractivity contribution in [3.63, 3.8) is 0 Å². The molecule has 76 valence electrons. The minimum atomic E-state index is -5.08. The van der Waals surface area contributed by atoms with Crippen LogP contribution in [0.2, 0.25) is 0 Å². The smallest absolute Gasteiger partial charge is 0.475 e. The van der Waals surface area contributed by atoms with Crippen molar-refractivity contribution in [2.24, 2.45) is 11.7 Å². The van der Waals surface area contributed by atoms with E-state index in [1.807, 2.05) is 6.08 Å². The monoisotopic (exact) mass is 197 g/mol. The van der Waals surface area contributed by atoms with Gasteiger partial charge < -0.3 is 10.8 Å². The summed E-state index contributed by atoms with van der Waals surface area (Å²) in [7, 11) is 0. The normalized spacial score (nSPS) is 25.5. The first kappa shape index (κ1) is 12.0. The molecule has 0 radical (unpaired) electrons. The zero-order chi connectivity index (χ0) is 10.6. The molecule has 0 aromatic heterocycles. The highest BCUT2D eigenvalue weighted by molar-refractivity contribution is 5.73. The van der Waals surface area contributed by atoms with E-state index in [2.05, 4.69) is 6.58 Å². The van der Waals surface area contributed by atoms with Gasteiger partial charge in [-0.3, -0.25) is 0 Å². The van der Waals surface area contributed by atoms with Crippen LogP contribution in [0, 0.1) is 5.92 Å². The van der Waals surface area contributed by atoms with E-state index in [0.29, 0.717) is 12.0 Å². The summed E-state index contributed by atoms with van der Waals surface area (Å²) in [6, 6.07) is 0.447. The molecule has 6 heteroatoms. The molecule has 0 bridgehead atoms. The Morgan fingerprint density at radius 2 is 1.92 bits per heavy atom. The van der Waals surface area contributed by atoms with Gasteiger partial charge in [0.2, 0.25) is 0 Å². The maximum atomic E-state index is 10.6. The minimum Gasteiger partial charge on any atom is -0.475 e. The number of carboxylic acids is 1. The zero-order valence-corrected chi connectivity index (χ0v) is 6.71. The van der Waals surface area contributed by atoms with Gasteiger partial charge in [0.15, 0.2) is 0 Å². The lowest BCUT2D eigenvalue weighted by atomic mass is 10.4. The van der Waals surface area contributed by atoms with E-state index in [1.165, 1.54) is 0 Å². The van der Waals surface area contributed by atoms with Gasteiger partial charge in [-0.15, -0.1) is 6.58 Å². The number of nitrogens with two attached hydrogens (primary N) is 1. The summed E-state index contributed by atoms with van der Waals surface area (Å²) in [5, 5.41) is 7.12. The summed E-state index contributed by atoms with van der Waals surface area (Å²) in [6.45, 7) is 3.59. The van der Waals surface area contributed by atoms with E-state index < -0.39 is 12.1 Å². The number of hydrogen-bond acceptors (Lipinski definition) is 2. The largest absolute Gasteiger partial charge is 0.490 e. The zero-order valence-electron chi connectivity index (χ0n) is 6.71. The third-order valence-electron chi connectivity index (χ3n) is 1.44. The lowest BCUT2D eigenvalue weighted by molar-refractivity contribution is -0.192. The quantitative estimate of drug-likeness (QED) is 0.620. The number of carboxylic acid groups (broad SMARTS) is 1. The first-order valence-corrected chi connectivity index (χ1v) is 3.47. The van der Waals surface area contributed by atoms with Crippen molar-refractivity contribution >= 4 is 5.97 Å². The molecule has 0 aromatic carbocycles. The maximum absolute atomic E-state index is 10.6. The van der Waals surface area contributed by atoms with E-state index in [-0.39, 0.29) is 0 Å². The fraction of sp³-hybridized carbons (Fsp3) is 0.571. The maximum Gasteiger partial charge on any atom is 0.490 e. The lowest BCUT2D eigenvalue weighted by Gasteiger charge is -1.93. The Morgan fingerprint density at radius 3 is 1.92 bits per heavy atom. The molecule has 0 saturated heterocycles. The molecular formula is C7H10F3NO2. The average Bonchev–Trinajstić information content (AvgIpc) is 2.65. The van der Waals surface area contributed by atoms with Crippen LogP contribution in [-0.2, 0) is 4.79 Å². The summed E-state index contributed by atoms with van der Waals surface area (Å²) in [5.41, 5.74) is 5.41. The average molecular weight is 197 g/mol. The van der Waals surface area contributed by atoms with Crippen LogP contribution >= 0.6 is 0 Å². The Balaban J connectivity index is 0.000000223. The third kappa shape index (κ3) is 5.24. The van der Waals surface area contributed by atoms with Crippen molar-refractivity contribution in [3.05, 3.63) is 12.7 Å². The first-order chi connectivity index (χ1) is 5.79. The van der Waals surface area contributed by atoms with Crippen molar-refractivity contribution < 1.29 is 23.1 Å². The lowest BCUT2D eigenvalue weighted by Crippen LogP contribution is -2.21. The molecule has 1 rings (SSSR count). The topological polar surface area (TPSA) is 63.3 Å². The SMILES string of the molecule is C=CC1CC1N.O=C(O)C(F)(F)F. The summed E-state index contributed by atoms with van der Waals surface area (Å²) in [4.78, 5) is 8.90. The van der Waals surface area contributed by atoms with Crippen LogP contribution in [0.15, 0.2) is 12.7 Å². The fourth-order valence-corrected chi connectivity index (χ4v) is 0.507. The van der Waals surface area contributed by atoms with Crippen LogP contribution in [0.4, 0.5) is 13.2 Å². The second kappa shape index (κ2) is 4.27. The van der Waals surface area contributed by atoms with Gasteiger partial charge in [-0.2, -0.15) is 13.2 Å². The third-order valence-corrected chi connectivity index (χ3v) is 1.44. The number of rotatable bonds is 1. The van der Waals surface area contributed by atoms with Crippen LogP contribution in [0.1, 0.15) is 6.42 Å². The molecule has 1 aliphatic rings. The predicted molar refractivity (Wildman–Crippen MR) is 40.0 cm³/mol. The van der Waals surface area contributed by atoms with Gasteiger partial charge >= 0.3 is 12.1 Å². The van der Waals surface area contributed by atoms with Gasteiger partial charge in [-0.05, 0) is 12.3 Å². The molecular weight excluding hydrogens is 187 g/mol. The molecule has 3 nitrogen and oxygen atoms in total. The van der Waals surface area contributed by atoms with Gasteiger partial charge in [0, 0.05) is 6.04 Å². The van der Waals surface area contributed by atoms with Gasteiger partial charge in [-0.1, -0.05) is 6.08 Å². The van der Waals surface area contributed by atoms with Crippen LogP contribution in [0.3, 0.4) is 0 Å². The van der Waals surface area contributed by atoms with Crippen molar-refractivity contribution in [1.29, 1.82) is 0 Å². The Bertz CT molecular complexity index is 202. The molecule has 0 aliphatic heterocycles. The van der Waals surface area contributed by atoms with E-state index >= 15 is 0 Å². The van der Waals surface area contributed by atoms with E-state index in [0.717, 1.165) is 6.42 Å². The number of carbonyl (C=O) groups is 1. The highest BCUT2D eigenvalue weighted by Gasteiger charge is 2.38. The Hall–Kier alpha value is -1.04. The molecule has 0 heterocycles. The van der Waals surface area contributed by atoms with Crippen molar-refractivity contribution in [1.82, 2.24) is 0 Å². The van der Waals surface area contributed by atoms with Crippen LogP contribution < -0.4 is 5.73 Å². The van der Waals surface area contributed by atoms with Gasteiger partial charge in [0.25, 0.3) is 0 Å². The first-order valence-electron chi connectivity index (χ1n) is 3.47. The minimum absolute atomic E-state index is 0.447. The molecule has 13 heavy (non-hydrogen) atoms. The summed E-state index contributed by atoms with van der Waals surface area (Å²) in [6.07, 6.45) is -2.01. The molecule has 1 saturated carbocycles. The number of aliphatic carboxylic acids is 1. The molecule has 2 atom stereocenters. The molecule has 0 aromatic rings. The Kier molecular flexibility index (Phi) is 3.93. The number of alkyl halides is 3. The van der Waals surface area contributed by atoms with Gasteiger partial charge in [0.05, 0.1) is 0 Å². The second-order valence-corrected chi connectivity index (χ2v) is 2.60. The highest BCUT2D eigenvalue weighted by Crippen LogP contribution is 2.27. The van der Waals surface area contributed by atoms with Crippen molar-refractivity contribution in [2.45, 2.75) is 18.6 Å². The molecule has 3 N–H and O–H groups in total. The molecule has 2 unspecified atom stereocenters. The fourth-order valence-electron chi connectivity index (χ4n) is 0.507. The summed E-state index contributed by atoms with van der Waals surface area (Å²) in [5.74, 6) is -2.11. The number of halogens is 3. The van der Waals surface area contributed by atoms with Crippen LogP contribution in [-0.4, -0.2) is 23.3 Å². The van der Waals surface area contributed by atoms with Crippen molar-refractivity contribution in [2.75, 3.05) is 0 Å². The second-order valence-electron chi connectivity index (χ2n) is 2.60. The Morgan fingerprint density at radius 1 is 1.62 bits per heavy atom. The molecule has 0 spiro atoms. The molecule has 1 aliphatic carbocycles. The standard InChI is InChI=1S/C5H9N.C2HF3O2/c1-2-4-3-5(4)6;3-2(4,5)1(6)7/h2,4-5H,1,3,6H2;(H,6,7). The van der Waals surface area contributed by atoms with Crippen LogP contribution in [0.5, 0.6) is 0 Å². The van der Waals surface area contributed by atoms with Gasteiger partial charge in [-0.25, -0.2) is 4.79 Å². The van der Waals surface area contributed by atoms with Crippen molar-refractivity contribution in [3.8, 4) is 0 Å².